The molecule has 4 N–H and O–H groups in total. The molecule has 0 atom stereocenters. The van der Waals surface area contributed by atoms with E-state index in [4.69, 9.17) is 18.0 Å². The van der Waals surface area contributed by atoms with Crippen LogP contribution in [-0.4, -0.2) is 21.9 Å². The molecule has 0 heterocycles. The van der Waals surface area contributed by atoms with E-state index in [1.165, 1.54) is 6.07 Å². The van der Waals surface area contributed by atoms with Crippen LogP contribution in [0.4, 0.5) is 0 Å². The maximum atomic E-state index is 11.5. The van der Waals surface area contributed by atoms with E-state index >= 15 is 0 Å². The Hall–Kier alpha value is -2.73. The maximum absolute atomic E-state index is 11.5. The first kappa shape index (κ1) is 16.6. The Labute approximate surface area is 139 Å². The molecule has 2 aromatic rings. The molecule has 0 fully saturated rings. The summed E-state index contributed by atoms with van der Waals surface area (Å²) in [7, 11) is 0. The van der Waals surface area contributed by atoms with E-state index < -0.39 is 5.97 Å². The number of carboxylic acid groups (broad SMARTS) is 1. The lowest BCUT2D eigenvalue weighted by Gasteiger charge is -2.12. The van der Waals surface area contributed by atoms with E-state index in [1.54, 1.807) is 18.2 Å². The summed E-state index contributed by atoms with van der Waals surface area (Å²) in [6.07, 6.45) is 0. The molecule has 0 amide bonds. The standard InChI is InChI=1S/C17H17N3O2S/c1-10-7-8-12(9-11(10)2)15(19-20-17(18)23)13-5-3-4-6-14(13)16(21)22/h3-9H,1-2H3,(H,21,22)(H3,18,20,23)/b19-15+. The fourth-order valence-corrected chi connectivity index (χ4v) is 2.20. The Morgan fingerprint density at radius 1 is 1.13 bits per heavy atom. The van der Waals surface area contributed by atoms with Crippen molar-refractivity contribution in [2.45, 2.75) is 13.8 Å². The van der Waals surface area contributed by atoms with Crippen LogP contribution in [0.2, 0.25) is 0 Å². The predicted octanol–water partition coefficient (Wildman–Crippen LogP) is 2.59. The van der Waals surface area contributed by atoms with Gasteiger partial charge in [0.1, 0.15) is 0 Å². The number of rotatable bonds is 4. The molecule has 0 spiro atoms. The SMILES string of the molecule is Cc1ccc(/C(=N\NC(N)=S)c2ccccc2C(=O)O)cc1C. The van der Waals surface area contributed by atoms with Crippen LogP contribution in [0, 0.1) is 13.8 Å². The number of carbonyl (C=O) groups is 1. The number of hydrazone groups is 1. The zero-order chi connectivity index (χ0) is 17.0. The molecular formula is C17H17N3O2S. The molecule has 0 saturated carbocycles. The number of carboxylic acids is 1. The van der Waals surface area contributed by atoms with Crippen molar-refractivity contribution in [3.8, 4) is 0 Å². The van der Waals surface area contributed by atoms with Crippen molar-refractivity contribution in [3.63, 3.8) is 0 Å². The number of nitrogens with zero attached hydrogens (tertiary/aromatic N) is 1. The first-order valence-corrected chi connectivity index (χ1v) is 7.34. The second-order valence-electron chi connectivity index (χ2n) is 5.09. The summed E-state index contributed by atoms with van der Waals surface area (Å²) >= 11 is 4.79. The van der Waals surface area contributed by atoms with Gasteiger partial charge >= 0.3 is 5.97 Å². The van der Waals surface area contributed by atoms with Crippen LogP contribution in [0.1, 0.15) is 32.6 Å². The van der Waals surface area contributed by atoms with E-state index in [0.29, 0.717) is 11.3 Å². The van der Waals surface area contributed by atoms with Gasteiger partial charge in [0.05, 0.1) is 11.3 Å². The van der Waals surface area contributed by atoms with Gasteiger partial charge in [-0.1, -0.05) is 30.3 Å². The Bertz CT molecular complexity index is 800. The van der Waals surface area contributed by atoms with Gasteiger partial charge in [-0.15, -0.1) is 0 Å². The highest BCUT2D eigenvalue weighted by Crippen LogP contribution is 2.18. The topological polar surface area (TPSA) is 87.7 Å². The van der Waals surface area contributed by atoms with Crippen molar-refractivity contribution in [2.24, 2.45) is 10.8 Å². The van der Waals surface area contributed by atoms with Gasteiger partial charge in [0.2, 0.25) is 0 Å². The summed E-state index contributed by atoms with van der Waals surface area (Å²) in [5, 5.41) is 13.6. The molecule has 5 nitrogen and oxygen atoms in total. The number of thiocarbonyl (C=S) groups is 1. The molecule has 23 heavy (non-hydrogen) atoms. The van der Waals surface area contributed by atoms with E-state index in [9.17, 15) is 9.90 Å². The average Bonchev–Trinajstić information content (AvgIpc) is 2.51. The number of aryl methyl sites for hydroxylation is 2. The molecule has 0 saturated heterocycles. The highest BCUT2D eigenvalue weighted by molar-refractivity contribution is 7.80. The summed E-state index contributed by atoms with van der Waals surface area (Å²) in [5.74, 6) is -1.02. The molecule has 0 aliphatic heterocycles. The molecule has 0 radical (unpaired) electrons. The van der Waals surface area contributed by atoms with Crippen molar-refractivity contribution in [2.75, 3.05) is 0 Å². The van der Waals surface area contributed by atoms with Crippen LogP contribution in [0.15, 0.2) is 47.6 Å². The molecule has 0 unspecified atom stereocenters. The first-order chi connectivity index (χ1) is 10.9. The largest absolute Gasteiger partial charge is 0.478 e. The number of benzene rings is 2. The second-order valence-corrected chi connectivity index (χ2v) is 5.53. The summed E-state index contributed by atoms with van der Waals surface area (Å²) in [6, 6.07) is 12.5. The minimum Gasteiger partial charge on any atom is -0.478 e. The number of aromatic carboxylic acids is 1. The van der Waals surface area contributed by atoms with Gasteiger partial charge in [-0.05, 0) is 49.3 Å². The van der Waals surface area contributed by atoms with Crippen LogP contribution >= 0.6 is 12.2 Å². The normalized spacial score (nSPS) is 11.1. The highest BCUT2D eigenvalue weighted by Gasteiger charge is 2.16. The molecule has 0 aromatic heterocycles. The molecule has 0 bridgehead atoms. The lowest BCUT2D eigenvalue weighted by molar-refractivity contribution is 0.0696. The van der Waals surface area contributed by atoms with Gasteiger partial charge in [0.15, 0.2) is 5.11 Å². The van der Waals surface area contributed by atoms with E-state index in [1.807, 2.05) is 32.0 Å². The van der Waals surface area contributed by atoms with Crippen molar-refractivity contribution >= 4 is 29.0 Å². The third kappa shape index (κ3) is 3.92. The van der Waals surface area contributed by atoms with Gasteiger partial charge in [0.25, 0.3) is 0 Å². The van der Waals surface area contributed by atoms with E-state index in [0.717, 1.165) is 16.7 Å². The molecule has 118 valence electrons. The van der Waals surface area contributed by atoms with Crippen molar-refractivity contribution in [1.29, 1.82) is 0 Å². The Morgan fingerprint density at radius 3 is 2.35 bits per heavy atom. The van der Waals surface area contributed by atoms with Crippen LogP contribution in [0.5, 0.6) is 0 Å². The lowest BCUT2D eigenvalue weighted by Crippen LogP contribution is -2.26. The molecule has 0 aliphatic carbocycles. The summed E-state index contributed by atoms with van der Waals surface area (Å²) < 4.78 is 0. The number of nitrogens with one attached hydrogen (secondary N) is 1. The number of hydrogen-bond donors (Lipinski definition) is 3. The molecule has 2 aromatic carbocycles. The number of hydrogen-bond acceptors (Lipinski definition) is 3. The lowest BCUT2D eigenvalue weighted by atomic mass is 9.95. The van der Waals surface area contributed by atoms with Gasteiger partial charge in [-0.25, -0.2) is 4.79 Å². The van der Waals surface area contributed by atoms with E-state index in [2.05, 4.69) is 10.5 Å². The summed E-state index contributed by atoms with van der Waals surface area (Å²) in [5.41, 5.74) is 12.1. The zero-order valence-corrected chi connectivity index (χ0v) is 13.6. The summed E-state index contributed by atoms with van der Waals surface area (Å²) in [4.78, 5) is 11.5. The Balaban J connectivity index is 2.64. The Kier molecular flexibility index (Phi) is 5.08. The Morgan fingerprint density at radius 2 is 1.78 bits per heavy atom. The fraction of sp³-hybridized carbons (Fsp3) is 0.118. The number of nitrogens with two attached hydrogens (primary N) is 1. The van der Waals surface area contributed by atoms with Gasteiger partial charge in [-0.3, -0.25) is 5.43 Å². The van der Waals surface area contributed by atoms with Gasteiger partial charge in [0, 0.05) is 11.1 Å². The van der Waals surface area contributed by atoms with Gasteiger partial charge < -0.3 is 10.8 Å². The smallest absolute Gasteiger partial charge is 0.336 e. The van der Waals surface area contributed by atoms with Crippen molar-refractivity contribution < 1.29 is 9.90 Å². The quantitative estimate of drug-likeness (QED) is 0.456. The van der Waals surface area contributed by atoms with E-state index in [-0.39, 0.29) is 10.7 Å². The van der Waals surface area contributed by atoms with Crippen LogP contribution in [0.3, 0.4) is 0 Å². The van der Waals surface area contributed by atoms with Crippen molar-refractivity contribution in [1.82, 2.24) is 5.43 Å². The average molecular weight is 327 g/mol. The molecule has 0 aliphatic rings. The fourth-order valence-electron chi connectivity index (χ4n) is 2.16. The molecule has 6 heteroatoms. The molecular weight excluding hydrogens is 310 g/mol. The zero-order valence-electron chi connectivity index (χ0n) is 12.8. The van der Waals surface area contributed by atoms with Crippen molar-refractivity contribution in [3.05, 3.63) is 70.3 Å². The van der Waals surface area contributed by atoms with Crippen LogP contribution < -0.4 is 11.2 Å². The highest BCUT2D eigenvalue weighted by atomic mass is 32.1. The predicted molar refractivity (Wildman–Crippen MR) is 94.9 cm³/mol. The second kappa shape index (κ2) is 7.02. The summed E-state index contributed by atoms with van der Waals surface area (Å²) in [6.45, 7) is 3.99. The van der Waals surface area contributed by atoms with Gasteiger partial charge in [-0.2, -0.15) is 5.10 Å². The minimum absolute atomic E-state index is 0.0131. The van der Waals surface area contributed by atoms with Crippen LogP contribution in [-0.2, 0) is 0 Å². The third-order valence-corrected chi connectivity index (χ3v) is 3.56. The third-order valence-electron chi connectivity index (χ3n) is 3.47. The minimum atomic E-state index is -1.02. The first-order valence-electron chi connectivity index (χ1n) is 6.93. The molecule has 2 rings (SSSR count). The monoisotopic (exact) mass is 327 g/mol. The van der Waals surface area contributed by atoms with Crippen LogP contribution in [0.25, 0.3) is 0 Å². The maximum Gasteiger partial charge on any atom is 0.336 e.